The molecule has 0 amide bonds. The smallest absolute Gasteiger partial charge is 0.162 e. The van der Waals surface area contributed by atoms with Crippen molar-refractivity contribution in [1.29, 1.82) is 0 Å². The summed E-state index contributed by atoms with van der Waals surface area (Å²) in [5.41, 5.74) is 0. The Morgan fingerprint density at radius 2 is 2.00 bits per heavy atom. The lowest BCUT2D eigenvalue weighted by atomic mass is 10.2. The topological polar surface area (TPSA) is 34.1 Å². The molecule has 0 saturated heterocycles. The van der Waals surface area contributed by atoms with Gasteiger partial charge in [-0.3, -0.25) is 9.59 Å². The Balaban J connectivity index is 3.64. The summed E-state index contributed by atoms with van der Waals surface area (Å²) in [6.45, 7) is 3.36. The van der Waals surface area contributed by atoms with Crippen molar-refractivity contribution in [3.8, 4) is 0 Å². The molecular weight excluding hydrogens is 128 g/mol. The number of hydrogen-bond donors (Lipinski definition) is 0. The number of rotatable bonds is 4. The second-order valence-electron chi connectivity index (χ2n) is 2.16. The van der Waals surface area contributed by atoms with Gasteiger partial charge in [0.2, 0.25) is 0 Å². The SMILES string of the molecule is CC/C=C/C(=O)CC(C)=O. The van der Waals surface area contributed by atoms with E-state index in [1.54, 1.807) is 6.08 Å². The van der Waals surface area contributed by atoms with Gasteiger partial charge in [-0.2, -0.15) is 0 Å². The molecule has 56 valence electrons. The van der Waals surface area contributed by atoms with Gasteiger partial charge in [0.05, 0.1) is 6.42 Å². The number of ketones is 2. The summed E-state index contributed by atoms with van der Waals surface area (Å²) in [5.74, 6) is -0.180. The standard InChI is InChI=1S/C8H12O2/c1-3-4-5-8(10)6-7(2)9/h4-5H,3,6H2,1-2H3/b5-4+. The summed E-state index contributed by atoms with van der Waals surface area (Å²) in [4.78, 5) is 21.1. The van der Waals surface area contributed by atoms with E-state index in [-0.39, 0.29) is 18.0 Å². The summed E-state index contributed by atoms with van der Waals surface area (Å²) in [6.07, 6.45) is 4.09. The van der Waals surface area contributed by atoms with Crippen LogP contribution in [0.3, 0.4) is 0 Å². The van der Waals surface area contributed by atoms with E-state index in [0.717, 1.165) is 6.42 Å². The van der Waals surface area contributed by atoms with Crippen LogP contribution in [0.15, 0.2) is 12.2 Å². The van der Waals surface area contributed by atoms with Gasteiger partial charge in [0.15, 0.2) is 5.78 Å². The molecule has 0 atom stereocenters. The fourth-order valence-corrected chi connectivity index (χ4v) is 0.554. The molecule has 0 bridgehead atoms. The van der Waals surface area contributed by atoms with Gasteiger partial charge >= 0.3 is 0 Å². The van der Waals surface area contributed by atoms with Gasteiger partial charge in [-0.25, -0.2) is 0 Å². The molecule has 2 heteroatoms. The van der Waals surface area contributed by atoms with Gasteiger partial charge in [0.1, 0.15) is 5.78 Å². The molecule has 10 heavy (non-hydrogen) atoms. The summed E-state index contributed by atoms with van der Waals surface area (Å²) in [5, 5.41) is 0. The van der Waals surface area contributed by atoms with E-state index in [0.29, 0.717) is 0 Å². The second-order valence-corrected chi connectivity index (χ2v) is 2.16. The van der Waals surface area contributed by atoms with Gasteiger partial charge in [-0.1, -0.05) is 13.0 Å². The molecule has 0 aromatic rings. The van der Waals surface area contributed by atoms with E-state index in [9.17, 15) is 9.59 Å². The fraction of sp³-hybridized carbons (Fsp3) is 0.500. The highest BCUT2D eigenvalue weighted by Gasteiger charge is 1.98. The molecular formula is C8H12O2. The first kappa shape index (κ1) is 9.08. The monoisotopic (exact) mass is 140 g/mol. The minimum absolute atomic E-state index is 0.0382. The summed E-state index contributed by atoms with van der Waals surface area (Å²) < 4.78 is 0. The summed E-state index contributed by atoms with van der Waals surface area (Å²) in [6, 6.07) is 0. The molecule has 0 radical (unpaired) electrons. The van der Waals surface area contributed by atoms with Crippen LogP contribution in [0, 0.1) is 0 Å². The van der Waals surface area contributed by atoms with Crippen molar-refractivity contribution in [3.63, 3.8) is 0 Å². The van der Waals surface area contributed by atoms with Crippen LogP contribution in [-0.4, -0.2) is 11.6 Å². The van der Waals surface area contributed by atoms with Gasteiger partial charge < -0.3 is 0 Å². The first-order chi connectivity index (χ1) is 4.66. The summed E-state index contributed by atoms with van der Waals surface area (Å²) >= 11 is 0. The third-order valence-electron chi connectivity index (χ3n) is 0.963. The third-order valence-corrected chi connectivity index (χ3v) is 0.963. The Morgan fingerprint density at radius 3 is 2.40 bits per heavy atom. The lowest BCUT2D eigenvalue weighted by Gasteiger charge is -1.86. The number of allylic oxidation sites excluding steroid dienone is 2. The normalized spacial score (nSPS) is 10.2. The lowest BCUT2D eigenvalue weighted by Crippen LogP contribution is -1.99. The first-order valence-corrected chi connectivity index (χ1v) is 3.35. The molecule has 0 unspecified atom stereocenters. The lowest BCUT2D eigenvalue weighted by molar-refractivity contribution is -0.123. The Bertz CT molecular complexity index is 157. The van der Waals surface area contributed by atoms with Crippen LogP contribution in [0.2, 0.25) is 0 Å². The number of Topliss-reactive ketones (excluding diaryl/α,β-unsaturated/α-hetero) is 1. The highest BCUT2D eigenvalue weighted by molar-refractivity contribution is 6.03. The second kappa shape index (κ2) is 4.91. The van der Waals surface area contributed by atoms with E-state index in [1.807, 2.05) is 6.92 Å². The average Bonchev–Trinajstić information content (AvgIpc) is 1.82. The highest BCUT2D eigenvalue weighted by Crippen LogP contribution is 1.88. The van der Waals surface area contributed by atoms with Crippen LogP contribution in [0.4, 0.5) is 0 Å². The van der Waals surface area contributed by atoms with Gasteiger partial charge in [-0.15, -0.1) is 0 Å². The fourth-order valence-electron chi connectivity index (χ4n) is 0.554. The molecule has 0 aliphatic carbocycles. The molecule has 0 fully saturated rings. The first-order valence-electron chi connectivity index (χ1n) is 3.35. The minimum atomic E-state index is -0.102. The van der Waals surface area contributed by atoms with Crippen molar-refractivity contribution in [3.05, 3.63) is 12.2 Å². The number of carbonyl (C=O) groups excluding carboxylic acids is 2. The Kier molecular flexibility index (Phi) is 4.46. The van der Waals surface area contributed by atoms with Gasteiger partial charge in [0, 0.05) is 0 Å². The van der Waals surface area contributed by atoms with Crippen molar-refractivity contribution < 1.29 is 9.59 Å². The van der Waals surface area contributed by atoms with E-state index in [1.165, 1.54) is 13.0 Å². The minimum Gasteiger partial charge on any atom is -0.300 e. The van der Waals surface area contributed by atoms with Crippen molar-refractivity contribution in [2.45, 2.75) is 26.7 Å². The maximum absolute atomic E-state index is 10.7. The third kappa shape index (κ3) is 5.22. The predicted octanol–water partition coefficient (Wildman–Crippen LogP) is 1.50. The zero-order valence-electron chi connectivity index (χ0n) is 6.39. The zero-order valence-corrected chi connectivity index (χ0v) is 6.39. The van der Waals surface area contributed by atoms with E-state index < -0.39 is 0 Å². The molecule has 0 aliphatic rings. The summed E-state index contributed by atoms with van der Waals surface area (Å²) in [7, 11) is 0. The van der Waals surface area contributed by atoms with Crippen LogP contribution in [-0.2, 0) is 9.59 Å². The van der Waals surface area contributed by atoms with Gasteiger partial charge in [-0.05, 0) is 19.4 Å². The van der Waals surface area contributed by atoms with Crippen LogP contribution in [0.25, 0.3) is 0 Å². The van der Waals surface area contributed by atoms with Crippen molar-refractivity contribution >= 4 is 11.6 Å². The highest BCUT2D eigenvalue weighted by atomic mass is 16.1. The molecule has 0 saturated carbocycles. The Morgan fingerprint density at radius 1 is 1.40 bits per heavy atom. The Labute approximate surface area is 60.9 Å². The zero-order chi connectivity index (χ0) is 7.98. The molecule has 0 rings (SSSR count). The molecule has 2 nitrogen and oxygen atoms in total. The van der Waals surface area contributed by atoms with Crippen LogP contribution >= 0.6 is 0 Å². The number of hydrogen-bond acceptors (Lipinski definition) is 2. The number of carbonyl (C=O) groups is 2. The van der Waals surface area contributed by atoms with E-state index >= 15 is 0 Å². The molecule has 0 aromatic carbocycles. The Hall–Kier alpha value is -0.920. The molecule has 0 N–H and O–H groups in total. The molecule has 0 heterocycles. The average molecular weight is 140 g/mol. The van der Waals surface area contributed by atoms with Crippen molar-refractivity contribution in [2.24, 2.45) is 0 Å². The molecule has 0 aliphatic heterocycles. The van der Waals surface area contributed by atoms with E-state index in [2.05, 4.69) is 0 Å². The molecule has 0 aromatic heterocycles. The van der Waals surface area contributed by atoms with Gasteiger partial charge in [0.25, 0.3) is 0 Å². The van der Waals surface area contributed by atoms with Crippen LogP contribution in [0.5, 0.6) is 0 Å². The maximum atomic E-state index is 10.7. The van der Waals surface area contributed by atoms with Crippen molar-refractivity contribution in [2.75, 3.05) is 0 Å². The van der Waals surface area contributed by atoms with E-state index in [4.69, 9.17) is 0 Å². The van der Waals surface area contributed by atoms with Crippen LogP contribution in [0.1, 0.15) is 26.7 Å². The van der Waals surface area contributed by atoms with Crippen LogP contribution < -0.4 is 0 Å². The van der Waals surface area contributed by atoms with Crippen molar-refractivity contribution in [1.82, 2.24) is 0 Å². The maximum Gasteiger partial charge on any atom is 0.162 e. The largest absolute Gasteiger partial charge is 0.300 e. The quantitative estimate of drug-likeness (QED) is 0.438. The predicted molar refractivity (Wildman–Crippen MR) is 39.7 cm³/mol. The molecule has 0 spiro atoms.